The number of halogens is 1. The fourth-order valence-corrected chi connectivity index (χ4v) is 3.15. The Balaban J connectivity index is 2.15. The van der Waals surface area contributed by atoms with Crippen molar-refractivity contribution in [1.82, 2.24) is 0 Å². The van der Waals surface area contributed by atoms with Gasteiger partial charge < -0.3 is 10.6 Å². The Labute approximate surface area is 118 Å². The molecule has 0 fully saturated rings. The SMILES string of the molecule is CC1Cc2ccccc2N1c1cccc(Cl)c1CN. The van der Waals surface area contributed by atoms with Gasteiger partial charge in [-0.15, -0.1) is 0 Å². The summed E-state index contributed by atoms with van der Waals surface area (Å²) in [5.41, 5.74) is 10.7. The van der Waals surface area contributed by atoms with Crippen LogP contribution in [-0.2, 0) is 13.0 Å². The van der Waals surface area contributed by atoms with Gasteiger partial charge >= 0.3 is 0 Å². The first-order valence-electron chi connectivity index (χ1n) is 6.57. The lowest BCUT2D eigenvalue weighted by molar-refractivity contribution is 0.755. The van der Waals surface area contributed by atoms with E-state index in [0.717, 1.165) is 22.7 Å². The van der Waals surface area contributed by atoms with Crippen LogP contribution in [0.4, 0.5) is 11.4 Å². The molecule has 1 atom stereocenters. The quantitative estimate of drug-likeness (QED) is 0.899. The Hall–Kier alpha value is -1.51. The second-order valence-electron chi connectivity index (χ2n) is 4.99. The van der Waals surface area contributed by atoms with E-state index in [1.807, 2.05) is 12.1 Å². The van der Waals surface area contributed by atoms with Crippen molar-refractivity contribution in [3.63, 3.8) is 0 Å². The van der Waals surface area contributed by atoms with Crippen molar-refractivity contribution in [2.75, 3.05) is 4.90 Å². The predicted octanol–water partition coefficient (Wildman–Crippen LogP) is 3.88. The van der Waals surface area contributed by atoms with Crippen LogP contribution in [0.1, 0.15) is 18.1 Å². The van der Waals surface area contributed by atoms with Crippen molar-refractivity contribution in [1.29, 1.82) is 0 Å². The van der Waals surface area contributed by atoms with Crippen LogP contribution >= 0.6 is 11.6 Å². The maximum atomic E-state index is 6.28. The highest BCUT2D eigenvalue weighted by Gasteiger charge is 2.28. The summed E-state index contributed by atoms with van der Waals surface area (Å²) in [5.74, 6) is 0. The monoisotopic (exact) mass is 272 g/mol. The Morgan fingerprint density at radius 1 is 1.16 bits per heavy atom. The van der Waals surface area contributed by atoms with Crippen LogP contribution in [-0.4, -0.2) is 6.04 Å². The van der Waals surface area contributed by atoms with Gasteiger partial charge in [-0.3, -0.25) is 0 Å². The number of rotatable bonds is 2. The number of hydrogen-bond donors (Lipinski definition) is 1. The van der Waals surface area contributed by atoms with E-state index < -0.39 is 0 Å². The first-order chi connectivity index (χ1) is 9.22. The molecule has 0 aromatic heterocycles. The lowest BCUT2D eigenvalue weighted by Gasteiger charge is -2.27. The van der Waals surface area contributed by atoms with E-state index in [2.05, 4.69) is 42.2 Å². The minimum absolute atomic E-state index is 0.432. The number of nitrogens with two attached hydrogens (primary N) is 1. The number of benzene rings is 2. The molecule has 2 aromatic rings. The van der Waals surface area contributed by atoms with E-state index in [1.54, 1.807) is 0 Å². The van der Waals surface area contributed by atoms with Crippen molar-refractivity contribution < 1.29 is 0 Å². The van der Waals surface area contributed by atoms with Gasteiger partial charge in [-0.25, -0.2) is 0 Å². The largest absolute Gasteiger partial charge is 0.338 e. The highest BCUT2D eigenvalue weighted by atomic mass is 35.5. The van der Waals surface area contributed by atoms with Gasteiger partial charge in [-0.2, -0.15) is 0 Å². The van der Waals surface area contributed by atoms with Crippen molar-refractivity contribution in [2.45, 2.75) is 25.9 Å². The Kier molecular flexibility index (Phi) is 3.21. The second-order valence-corrected chi connectivity index (χ2v) is 5.40. The van der Waals surface area contributed by atoms with E-state index in [0.29, 0.717) is 12.6 Å². The van der Waals surface area contributed by atoms with Crippen LogP contribution < -0.4 is 10.6 Å². The van der Waals surface area contributed by atoms with Gasteiger partial charge in [0, 0.05) is 34.5 Å². The summed E-state index contributed by atoms with van der Waals surface area (Å²) in [6.45, 7) is 2.70. The molecule has 1 aliphatic heterocycles. The molecule has 1 heterocycles. The maximum Gasteiger partial charge on any atom is 0.0474 e. The van der Waals surface area contributed by atoms with Gasteiger partial charge in [0.05, 0.1) is 0 Å². The highest BCUT2D eigenvalue weighted by molar-refractivity contribution is 6.31. The van der Waals surface area contributed by atoms with Crippen LogP contribution in [0.2, 0.25) is 5.02 Å². The molecule has 98 valence electrons. The Morgan fingerprint density at radius 2 is 1.89 bits per heavy atom. The van der Waals surface area contributed by atoms with Crippen molar-refractivity contribution in [2.24, 2.45) is 5.73 Å². The van der Waals surface area contributed by atoms with E-state index in [9.17, 15) is 0 Å². The summed E-state index contributed by atoms with van der Waals surface area (Å²) in [4.78, 5) is 2.35. The molecule has 0 bridgehead atoms. The van der Waals surface area contributed by atoms with Crippen LogP contribution in [0, 0.1) is 0 Å². The number of hydrogen-bond acceptors (Lipinski definition) is 2. The average Bonchev–Trinajstić information content (AvgIpc) is 2.74. The lowest BCUT2D eigenvalue weighted by Crippen LogP contribution is -2.25. The molecule has 0 saturated heterocycles. The molecule has 2 N–H and O–H groups in total. The number of anilines is 2. The summed E-state index contributed by atoms with van der Waals surface area (Å²) < 4.78 is 0. The summed E-state index contributed by atoms with van der Waals surface area (Å²) in [5, 5.41) is 0.747. The van der Waals surface area contributed by atoms with Crippen molar-refractivity contribution >= 4 is 23.0 Å². The van der Waals surface area contributed by atoms with Crippen molar-refractivity contribution in [3.05, 3.63) is 58.6 Å². The third-order valence-electron chi connectivity index (χ3n) is 3.77. The average molecular weight is 273 g/mol. The molecule has 0 spiro atoms. The fraction of sp³-hybridized carbons (Fsp3) is 0.250. The smallest absolute Gasteiger partial charge is 0.0474 e. The molecule has 0 amide bonds. The minimum atomic E-state index is 0.432. The molecular weight excluding hydrogens is 256 g/mol. The maximum absolute atomic E-state index is 6.28. The first kappa shape index (κ1) is 12.5. The van der Waals surface area contributed by atoms with Gasteiger partial charge in [0.25, 0.3) is 0 Å². The van der Waals surface area contributed by atoms with Crippen LogP contribution in [0.15, 0.2) is 42.5 Å². The molecule has 2 aromatic carbocycles. The van der Waals surface area contributed by atoms with Crippen LogP contribution in [0.3, 0.4) is 0 Å². The van der Waals surface area contributed by atoms with Crippen molar-refractivity contribution in [3.8, 4) is 0 Å². The topological polar surface area (TPSA) is 29.3 Å². The Bertz CT molecular complexity index is 609. The van der Waals surface area contributed by atoms with Gasteiger partial charge in [-0.05, 0) is 37.1 Å². The number of nitrogens with zero attached hydrogens (tertiary/aromatic N) is 1. The molecule has 1 aliphatic rings. The Morgan fingerprint density at radius 3 is 2.68 bits per heavy atom. The molecule has 1 unspecified atom stereocenters. The summed E-state index contributed by atoms with van der Waals surface area (Å²) in [6.07, 6.45) is 1.06. The zero-order chi connectivity index (χ0) is 13.4. The molecule has 19 heavy (non-hydrogen) atoms. The molecule has 3 heteroatoms. The molecule has 3 rings (SSSR count). The molecule has 2 nitrogen and oxygen atoms in total. The van der Waals surface area contributed by atoms with Gasteiger partial charge in [0.2, 0.25) is 0 Å². The summed E-state index contributed by atoms with van der Waals surface area (Å²) in [6, 6.07) is 15.0. The minimum Gasteiger partial charge on any atom is -0.338 e. The molecular formula is C16H17ClN2. The van der Waals surface area contributed by atoms with Gasteiger partial charge in [0.1, 0.15) is 0 Å². The third kappa shape index (κ3) is 2.01. The van der Waals surface area contributed by atoms with Gasteiger partial charge in [0.15, 0.2) is 0 Å². The summed E-state index contributed by atoms with van der Waals surface area (Å²) >= 11 is 6.28. The van der Waals surface area contributed by atoms with E-state index in [4.69, 9.17) is 17.3 Å². The van der Waals surface area contributed by atoms with Crippen LogP contribution in [0.25, 0.3) is 0 Å². The lowest BCUT2D eigenvalue weighted by atomic mass is 10.1. The molecule has 0 saturated carbocycles. The second kappa shape index (κ2) is 4.87. The summed E-state index contributed by atoms with van der Waals surface area (Å²) in [7, 11) is 0. The third-order valence-corrected chi connectivity index (χ3v) is 4.12. The zero-order valence-corrected chi connectivity index (χ0v) is 11.7. The standard InChI is InChI=1S/C16H17ClN2/c1-11-9-12-5-2-3-7-15(12)19(11)16-8-4-6-14(17)13(16)10-18/h2-8,11H,9-10,18H2,1H3. The van der Waals surface area contributed by atoms with E-state index in [-0.39, 0.29) is 0 Å². The van der Waals surface area contributed by atoms with Crippen LogP contribution in [0.5, 0.6) is 0 Å². The molecule has 0 radical (unpaired) electrons. The number of fused-ring (bicyclic) bond motifs is 1. The highest BCUT2D eigenvalue weighted by Crippen LogP contribution is 2.40. The molecule has 0 aliphatic carbocycles. The fourth-order valence-electron chi connectivity index (χ4n) is 2.91. The zero-order valence-electron chi connectivity index (χ0n) is 10.9. The normalized spacial score (nSPS) is 17.6. The van der Waals surface area contributed by atoms with Gasteiger partial charge in [-0.1, -0.05) is 35.9 Å². The first-order valence-corrected chi connectivity index (χ1v) is 6.94. The predicted molar refractivity (Wildman–Crippen MR) is 81.1 cm³/mol. The van der Waals surface area contributed by atoms with E-state index >= 15 is 0 Å². The van der Waals surface area contributed by atoms with E-state index in [1.165, 1.54) is 11.3 Å². The number of para-hydroxylation sites is 1.